The first-order valence-corrected chi connectivity index (χ1v) is 4.94. The molecule has 0 spiro atoms. The van der Waals surface area contributed by atoms with E-state index in [4.69, 9.17) is 0 Å². The zero-order valence-corrected chi connectivity index (χ0v) is 9.04. The Morgan fingerprint density at radius 3 is 2.47 bits per heavy atom. The zero-order chi connectivity index (χ0) is 11.3. The number of benzene rings is 1. The molecule has 0 aliphatic rings. The Kier molecular flexibility index (Phi) is 4.03. The maximum absolute atomic E-state index is 11.4. The third-order valence-electron chi connectivity index (χ3n) is 2.12. The van der Waals surface area contributed by atoms with Crippen LogP contribution in [-0.4, -0.2) is 11.7 Å². The van der Waals surface area contributed by atoms with Gasteiger partial charge < -0.3 is 10.1 Å². The molecule has 0 unspecified atom stereocenters. The van der Waals surface area contributed by atoms with Gasteiger partial charge in [-0.15, -0.1) is 0 Å². The van der Waals surface area contributed by atoms with Crippen LogP contribution in [0.2, 0.25) is 0 Å². The first-order chi connectivity index (χ1) is 7.09. The Hall–Kier alpha value is -1.64. The molecule has 0 atom stereocenters. The van der Waals surface area contributed by atoms with E-state index in [9.17, 15) is 9.59 Å². The molecule has 0 bridgehead atoms. The molecule has 1 N–H and O–H groups in total. The number of carbonyl (C=O) groups excluding carboxylic acids is 2. The second kappa shape index (κ2) is 5.29. The number of amides is 1. The predicted molar refractivity (Wildman–Crippen MR) is 59.7 cm³/mol. The number of anilines is 1. The maximum atomic E-state index is 11.4. The van der Waals surface area contributed by atoms with Crippen LogP contribution in [0.3, 0.4) is 0 Å². The van der Waals surface area contributed by atoms with Crippen LogP contribution in [0.4, 0.5) is 5.69 Å². The number of carbonyl (C=O) groups is 2. The highest BCUT2D eigenvalue weighted by molar-refractivity contribution is 5.93. The summed E-state index contributed by atoms with van der Waals surface area (Å²) in [6.07, 6.45) is 0.557. The van der Waals surface area contributed by atoms with E-state index in [0.29, 0.717) is 6.42 Å². The van der Waals surface area contributed by atoms with Crippen LogP contribution in [0.1, 0.15) is 25.3 Å². The molecule has 15 heavy (non-hydrogen) atoms. The molecule has 0 radical (unpaired) electrons. The lowest BCUT2D eigenvalue weighted by molar-refractivity contribution is -0.121. The van der Waals surface area contributed by atoms with Crippen molar-refractivity contribution in [3.05, 3.63) is 29.8 Å². The molecule has 0 saturated carbocycles. The van der Waals surface area contributed by atoms with Crippen LogP contribution < -0.4 is 5.32 Å². The van der Waals surface area contributed by atoms with Crippen molar-refractivity contribution in [2.75, 3.05) is 5.32 Å². The van der Waals surface area contributed by atoms with E-state index < -0.39 is 0 Å². The monoisotopic (exact) mass is 205 g/mol. The molecule has 1 aromatic rings. The third kappa shape index (κ3) is 3.94. The van der Waals surface area contributed by atoms with Crippen molar-refractivity contribution >= 4 is 17.4 Å². The molecule has 1 aromatic carbocycles. The Bertz CT molecular complexity index is 372. The molecule has 0 fully saturated rings. The van der Waals surface area contributed by atoms with Gasteiger partial charge >= 0.3 is 0 Å². The number of rotatable bonds is 4. The molecule has 0 aliphatic carbocycles. The minimum absolute atomic E-state index is 0.0370. The van der Waals surface area contributed by atoms with Gasteiger partial charge in [-0.2, -0.15) is 0 Å². The van der Waals surface area contributed by atoms with E-state index in [-0.39, 0.29) is 18.1 Å². The fourth-order valence-electron chi connectivity index (χ4n) is 1.22. The molecule has 3 heteroatoms. The molecule has 0 heterocycles. The van der Waals surface area contributed by atoms with E-state index >= 15 is 0 Å². The molecule has 3 nitrogen and oxygen atoms in total. The van der Waals surface area contributed by atoms with Crippen molar-refractivity contribution in [3.63, 3.8) is 0 Å². The number of ketones is 1. The van der Waals surface area contributed by atoms with Gasteiger partial charge in [0.05, 0.1) is 0 Å². The average Bonchev–Trinajstić information content (AvgIpc) is 2.18. The summed E-state index contributed by atoms with van der Waals surface area (Å²) in [5.74, 6) is -0.0746. The van der Waals surface area contributed by atoms with Crippen molar-refractivity contribution in [1.29, 1.82) is 0 Å². The molecule has 0 aliphatic heterocycles. The average molecular weight is 205 g/mol. The lowest BCUT2D eigenvalue weighted by Gasteiger charge is -2.06. The van der Waals surface area contributed by atoms with Crippen LogP contribution in [0.5, 0.6) is 0 Å². The number of hydrogen-bond donors (Lipinski definition) is 1. The summed E-state index contributed by atoms with van der Waals surface area (Å²) in [4.78, 5) is 22.1. The summed E-state index contributed by atoms with van der Waals surface area (Å²) in [5.41, 5.74) is 1.83. The zero-order valence-electron chi connectivity index (χ0n) is 9.04. The smallest absolute Gasteiger partial charge is 0.224 e. The highest BCUT2D eigenvalue weighted by Gasteiger charge is 2.05. The van der Waals surface area contributed by atoms with Gasteiger partial charge in [0.25, 0.3) is 0 Å². The van der Waals surface area contributed by atoms with Crippen molar-refractivity contribution in [2.24, 2.45) is 0 Å². The number of para-hydroxylation sites is 1. The molecule has 0 aromatic heterocycles. The standard InChI is InChI=1S/C12H15NO2/c1-9-5-3-4-6-11(9)13-12(15)8-7-10(2)14/h3-6H,7-8H2,1-2H3,(H,13,15). The number of nitrogens with one attached hydrogen (secondary N) is 1. The molecule has 1 amide bonds. The summed E-state index contributed by atoms with van der Waals surface area (Å²) < 4.78 is 0. The van der Waals surface area contributed by atoms with E-state index in [1.165, 1.54) is 6.92 Å². The minimum atomic E-state index is -0.112. The van der Waals surface area contributed by atoms with Gasteiger partial charge in [-0.25, -0.2) is 0 Å². The lowest BCUT2D eigenvalue weighted by Crippen LogP contribution is -2.13. The SMILES string of the molecule is CC(=O)CCC(=O)Nc1ccccc1C. The van der Waals surface area contributed by atoms with Gasteiger partial charge in [0.15, 0.2) is 0 Å². The minimum Gasteiger partial charge on any atom is -0.326 e. The maximum Gasteiger partial charge on any atom is 0.224 e. The first-order valence-electron chi connectivity index (χ1n) is 4.94. The van der Waals surface area contributed by atoms with Gasteiger partial charge in [-0.1, -0.05) is 18.2 Å². The van der Waals surface area contributed by atoms with E-state index in [0.717, 1.165) is 11.3 Å². The van der Waals surface area contributed by atoms with E-state index in [1.54, 1.807) is 0 Å². The highest BCUT2D eigenvalue weighted by Crippen LogP contribution is 2.13. The fourth-order valence-corrected chi connectivity index (χ4v) is 1.22. The first kappa shape index (κ1) is 11.4. The summed E-state index contributed by atoms with van der Waals surface area (Å²) in [7, 11) is 0. The molecular formula is C12H15NO2. The Morgan fingerprint density at radius 1 is 1.20 bits per heavy atom. The van der Waals surface area contributed by atoms with E-state index in [1.807, 2.05) is 31.2 Å². The predicted octanol–water partition coefficient (Wildman–Crippen LogP) is 2.30. The Balaban J connectivity index is 2.52. The van der Waals surface area contributed by atoms with Crippen LogP contribution in [0, 0.1) is 6.92 Å². The summed E-state index contributed by atoms with van der Waals surface area (Å²) in [5, 5.41) is 2.77. The molecular weight excluding hydrogens is 190 g/mol. The van der Waals surface area contributed by atoms with Crippen LogP contribution >= 0.6 is 0 Å². The number of aryl methyl sites for hydroxylation is 1. The van der Waals surface area contributed by atoms with Gasteiger partial charge in [0.2, 0.25) is 5.91 Å². The Labute approximate surface area is 89.5 Å². The summed E-state index contributed by atoms with van der Waals surface area (Å²) in [6, 6.07) is 7.57. The molecule has 80 valence electrons. The van der Waals surface area contributed by atoms with Crippen molar-refractivity contribution < 1.29 is 9.59 Å². The highest BCUT2D eigenvalue weighted by atomic mass is 16.2. The van der Waals surface area contributed by atoms with Gasteiger partial charge in [-0.05, 0) is 25.5 Å². The quantitative estimate of drug-likeness (QED) is 0.819. The second-order valence-electron chi connectivity index (χ2n) is 3.57. The molecule has 0 saturated heterocycles. The number of Topliss-reactive ketones (excluding diaryl/α,β-unsaturated/α-hetero) is 1. The van der Waals surface area contributed by atoms with Crippen molar-refractivity contribution in [3.8, 4) is 0 Å². The van der Waals surface area contributed by atoms with E-state index in [2.05, 4.69) is 5.32 Å². The molecule has 1 rings (SSSR count). The van der Waals surface area contributed by atoms with Gasteiger partial charge in [0.1, 0.15) is 5.78 Å². The second-order valence-corrected chi connectivity index (χ2v) is 3.57. The summed E-state index contributed by atoms with van der Waals surface area (Å²) in [6.45, 7) is 3.42. The van der Waals surface area contributed by atoms with Crippen molar-refractivity contribution in [1.82, 2.24) is 0 Å². The lowest BCUT2D eigenvalue weighted by atomic mass is 10.2. The number of hydrogen-bond acceptors (Lipinski definition) is 2. The van der Waals surface area contributed by atoms with Crippen molar-refractivity contribution in [2.45, 2.75) is 26.7 Å². The largest absolute Gasteiger partial charge is 0.326 e. The third-order valence-corrected chi connectivity index (χ3v) is 2.12. The Morgan fingerprint density at radius 2 is 1.87 bits per heavy atom. The van der Waals surface area contributed by atoms with Crippen LogP contribution in [0.25, 0.3) is 0 Å². The normalized spacial score (nSPS) is 9.73. The summed E-state index contributed by atoms with van der Waals surface area (Å²) >= 11 is 0. The van der Waals surface area contributed by atoms with Crippen LogP contribution in [0.15, 0.2) is 24.3 Å². The van der Waals surface area contributed by atoms with Gasteiger partial charge in [-0.3, -0.25) is 4.79 Å². The fraction of sp³-hybridized carbons (Fsp3) is 0.333. The van der Waals surface area contributed by atoms with Gasteiger partial charge in [0, 0.05) is 18.5 Å². The topological polar surface area (TPSA) is 46.2 Å². The van der Waals surface area contributed by atoms with Crippen LogP contribution in [-0.2, 0) is 9.59 Å².